The monoisotopic (exact) mass is 275 g/mol. The number of carbonyl (C=O) groups excluding carboxylic acids is 1. The topological polar surface area (TPSA) is 70.8 Å². The minimum Gasteiger partial charge on any atom is -0.481 e. The third-order valence-corrected chi connectivity index (χ3v) is 3.18. The van der Waals surface area contributed by atoms with Gasteiger partial charge in [0.1, 0.15) is 5.58 Å². The van der Waals surface area contributed by atoms with Gasteiger partial charge >= 0.3 is 5.97 Å². The van der Waals surface area contributed by atoms with E-state index in [-0.39, 0.29) is 18.1 Å². The lowest BCUT2D eigenvalue weighted by Gasteiger charge is -2.14. The average Bonchev–Trinajstić information content (AvgIpc) is 2.82. The molecule has 2 aromatic rings. The van der Waals surface area contributed by atoms with Gasteiger partial charge in [-0.25, -0.2) is 0 Å². The van der Waals surface area contributed by atoms with Crippen molar-refractivity contribution in [1.82, 2.24) is 4.90 Å². The summed E-state index contributed by atoms with van der Waals surface area (Å²) in [4.78, 5) is 24.1. The first-order chi connectivity index (χ1) is 9.49. The second-order valence-electron chi connectivity index (χ2n) is 4.83. The molecule has 0 saturated carbocycles. The normalized spacial score (nSPS) is 10.7. The molecule has 0 fully saturated rings. The number of hydrogen-bond acceptors (Lipinski definition) is 3. The van der Waals surface area contributed by atoms with Crippen LogP contribution in [0, 0.1) is 6.92 Å². The first-order valence-corrected chi connectivity index (χ1v) is 6.45. The Morgan fingerprint density at radius 2 is 2.10 bits per heavy atom. The molecule has 106 valence electrons. The molecule has 1 N–H and O–H groups in total. The van der Waals surface area contributed by atoms with Crippen molar-refractivity contribution in [2.75, 3.05) is 13.6 Å². The molecule has 0 radical (unpaired) electrons. The van der Waals surface area contributed by atoms with Crippen LogP contribution in [0.5, 0.6) is 0 Å². The van der Waals surface area contributed by atoms with Gasteiger partial charge in [0.05, 0.1) is 0 Å². The summed E-state index contributed by atoms with van der Waals surface area (Å²) in [5.41, 5.74) is 1.70. The van der Waals surface area contributed by atoms with Crippen LogP contribution in [0.15, 0.2) is 28.7 Å². The summed E-state index contributed by atoms with van der Waals surface area (Å²) in [5, 5.41) is 9.48. The molecule has 0 unspecified atom stereocenters. The highest BCUT2D eigenvalue weighted by Crippen LogP contribution is 2.23. The fourth-order valence-corrected chi connectivity index (χ4v) is 2.07. The summed E-state index contributed by atoms with van der Waals surface area (Å²) < 4.78 is 5.60. The molecule has 0 spiro atoms. The summed E-state index contributed by atoms with van der Waals surface area (Å²) in [6.07, 6.45) is 0.480. The number of furan rings is 1. The molecule has 1 aromatic heterocycles. The number of amides is 1. The third-order valence-electron chi connectivity index (χ3n) is 3.18. The van der Waals surface area contributed by atoms with Crippen molar-refractivity contribution in [3.8, 4) is 0 Å². The van der Waals surface area contributed by atoms with Gasteiger partial charge in [0.15, 0.2) is 5.76 Å². The molecule has 5 nitrogen and oxygen atoms in total. The molecule has 5 heteroatoms. The fraction of sp³-hybridized carbons (Fsp3) is 0.333. The smallest absolute Gasteiger partial charge is 0.303 e. The Morgan fingerprint density at radius 3 is 2.75 bits per heavy atom. The second-order valence-corrected chi connectivity index (χ2v) is 4.83. The van der Waals surface area contributed by atoms with E-state index in [9.17, 15) is 9.59 Å². The number of benzene rings is 1. The first-order valence-electron chi connectivity index (χ1n) is 6.45. The molecule has 0 aliphatic rings. The summed E-state index contributed by atoms with van der Waals surface area (Å²) in [6.45, 7) is 2.32. The number of rotatable bonds is 5. The summed E-state index contributed by atoms with van der Waals surface area (Å²) in [5.74, 6) is -0.802. The van der Waals surface area contributed by atoms with Crippen LogP contribution >= 0.6 is 0 Å². The lowest BCUT2D eigenvalue weighted by atomic mass is 10.2. The van der Waals surface area contributed by atoms with Gasteiger partial charge in [-0.05, 0) is 25.0 Å². The molecule has 0 atom stereocenters. The fourth-order valence-electron chi connectivity index (χ4n) is 2.07. The maximum atomic E-state index is 12.2. The number of para-hydroxylation sites is 1. The lowest BCUT2D eigenvalue weighted by molar-refractivity contribution is -0.137. The van der Waals surface area contributed by atoms with E-state index in [2.05, 4.69) is 0 Å². The highest BCUT2D eigenvalue weighted by Gasteiger charge is 2.17. The average molecular weight is 275 g/mol. The van der Waals surface area contributed by atoms with Gasteiger partial charge in [0.2, 0.25) is 0 Å². The lowest BCUT2D eigenvalue weighted by Crippen LogP contribution is -2.27. The Balaban J connectivity index is 2.10. The standard InChI is InChI=1S/C15H17NO4/c1-10-5-3-6-11-9-12(20-14(10)11)15(19)16(2)8-4-7-13(17)18/h3,5-6,9H,4,7-8H2,1-2H3,(H,17,18). The van der Waals surface area contributed by atoms with Gasteiger partial charge in [-0.1, -0.05) is 18.2 Å². The van der Waals surface area contributed by atoms with Crippen LogP contribution in [0.2, 0.25) is 0 Å². The van der Waals surface area contributed by atoms with E-state index in [1.54, 1.807) is 13.1 Å². The zero-order valence-corrected chi connectivity index (χ0v) is 11.5. The van der Waals surface area contributed by atoms with Gasteiger partial charge in [-0.15, -0.1) is 0 Å². The Morgan fingerprint density at radius 1 is 1.35 bits per heavy atom. The molecule has 1 aromatic carbocycles. The van der Waals surface area contributed by atoms with Crippen LogP contribution in [0.1, 0.15) is 29.0 Å². The van der Waals surface area contributed by atoms with Gasteiger partial charge in [0.25, 0.3) is 5.91 Å². The molecular formula is C15H17NO4. The van der Waals surface area contributed by atoms with Gasteiger partial charge in [-0.3, -0.25) is 9.59 Å². The molecule has 1 heterocycles. The van der Waals surface area contributed by atoms with Gasteiger partial charge < -0.3 is 14.4 Å². The van der Waals surface area contributed by atoms with E-state index in [1.807, 2.05) is 25.1 Å². The second kappa shape index (κ2) is 5.77. The van der Waals surface area contributed by atoms with Crippen LogP contribution in [0.25, 0.3) is 11.0 Å². The number of carbonyl (C=O) groups is 2. The largest absolute Gasteiger partial charge is 0.481 e. The Hall–Kier alpha value is -2.30. The summed E-state index contributed by atoms with van der Waals surface area (Å²) >= 11 is 0. The van der Waals surface area contributed by atoms with Crippen molar-refractivity contribution in [3.63, 3.8) is 0 Å². The maximum Gasteiger partial charge on any atom is 0.303 e. The molecule has 2 rings (SSSR count). The molecule has 0 aliphatic carbocycles. The zero-order chi connectivity index (χ0) is 14.7. The van der Waals surface area contributed by atoms with Crippen LogP contribution in [0.4, 0.5) is 0 Å². The van der Waals surface area contributed by atoms with Crippen molar-refractivity contribution in [2.24, 2.45) is 0 Å². The molecule has 0 bridgehead atoms. The third kappa shape index (κ3) is 2.99. The Labute approximate surface area is 116 Å². The number of aliphatic carboxylic acids is 1. The number of carboxylic acids is 1. The number of hydrogen-bond donors (Lipinski definition) is 1. The number of carboxylic acid groups (broad SMARTS) is 1. The minimum atomic E-state index is -0.856. The van der Waals surface area contributed by atoms with Crippen molar-refractivity contribution in [3.05, 3.63) is 35.6 Å². The SMILES string of the molecule is Cc1cccc2cc(C(=O)N(C)CCCC(=O)O)oc12. The Bertz CT molecular complexity index is 644. The predicted octanol–water partition coefficient (Wildman–Crippen LogP) is 2.68. The Kier molecular flexibility index (Phi) is 4.08. The van der Waals surface area contributed by atoms with E-state index in [4.69, 9.17) is 9.52 Å². The van der Waals surface area contributed by atoms with E-state index in [0.717, 1.165) is 16.5 Å². The summed E-state index contributed by atoms with van der Waals surface area (Å²) in [7, 11) is 1.64. The van der Waals surface area contributed by atoms with E-state index < -0.39 is 5.97 Å². The highest BCUT2D eigenvalue weighted by molar-refractivity contribution is 5.96. The van der Waals surface area contributed by atoms with Crippen LogP contribution in [-0.2, 0) is 4.79 Å². The van der Waals surface area contributed by atoms with Crippen molar-refractivity contribution in [2.45, 2.75) is 19.8 Å². The van der Waals surface area contributed by atoms with Crippen molar-refractivity contribution >= 4 is 22.8 Å². The molecule has 0 saturated heterocycles. The molecular weight excluding hydrogens is 258 g/mol. The number of aryl methyl sites for hydroxylation is 1. The van der Waals surface area contributed by atoms with Crippen molar-refractivity contribution < 1.29 is 19.1 Å². The number of nitrogens with zero attached hydrogens (tertiary/aromatic N) is 1. The van der Waals surface area contributed by atoms with E-state index in [1.165, 1.54) is 4.90 Å². The van der Waals surface area contributed by atoms with Gasteiger partial charge in [-0.2, -0.15) is 0 Å². The number of fused-ring (bicyclic) bond motifs is 1. The molecule has 0 aliphatic heterocycles. The summed E-state index contributed by atoms with van der Waals surface area (Å²) in [6, 6.07) is 7.46. The van der Waals surface area contributed by atoms with Crippen LogP contribution in [0.3, 0.4) is 0 Å². The van der Waals surface area contributed by atoms with E-state index >= 15 is 0 Å². The van der Waals surface area contributed by atoms with Crippen LogP contribution in [-0.4, -0.2) is 35.5 Å². The minimum absolute atomic E-state index is 0.0524. The van der Waals surface area contributed by atoms with Crippen molar-refractivity contribution in [1.29, 1.82) is 0 Å². The van der Waals surface area contributed by atoms with Crippen LogP contribution < -0.4 is 0 Å². The predicted molar refractivity (Wildman–Crippen MR) is 74.8 cm³/mol. The van der Waals surface area contributed by atoms with Gasteiger partial charge in [0, 0.05) is 25.4 Å². The molecule has 20 heavy (non-hydrogen) atoms. The highest BCUT2D eigenvalue weighted by atomic mass is 16.4. The van der Waals surface area contributed by atoms with E-state index in [0.29, 0.717) is 13.0 Å². The quantitative estimate of drug-likeness (QED) is 0.910. The first kappa shape index (κ1) is 14.1. The zero-order valence-electron chi connectivity index (χ0n) is 11.5. The maximum absolute atomic E-state index is 12.2. The molecule has 1 amide bonds.